The molecule has 0 radical (unpaired) electrons. The molecule has 0 bridgehead atoms. The molecule has 0 saturated carbocycles. The van der Waals surface area contributed by atoms with Crippen LogP contribution in [0.5, 0.6) is 0 Å². The molecule has 17 heavy (non-hydrogen) atoms. The van der Waals surface area contributed by atoms with Crippen molar-refractivity contribution in [3.8, 4) is 0 Å². The molecule has 0 aliphatic heterocycles. The van der Waals surface area contributed by atoms with Crippen molar-refractivity contribution in [1.29, 1.82) is 0 Å². The third-order valence-corrected chi connectivity index (χ3v) is 3.92. The van der Waals surface area contributed by atoms with Crippen LogP contribution in [0.1, 0.15) is 55.4 Å². The zero-order valence-electron chi connectivity index (χ0n) is 12.6. The highest BCUT2D eigenvalue weighted by atomic mass is 16.2. The van der Waals surface area contributed by atoms with Crippen LogP contribution in [0.15, 0.2) is 0 Å². The van der Waals surface area contributed by atoms with Gasteiger partial charge in [0, 0.05) is 11.1 Å². The number of nitrogens with two attached hydrogens (primary N) is 1. The van der Waals surface area contributed by atoms with Crippen LogP contribution in [0.25, 0.3) is 0 Å². The van der Waals surface area contributed by atoms with Crippen LogP contribution in [0.3, 0.4) is 0 Å². The van der Waals surface area contributed by atoms with Crippen molar-refractivity contribution in [3.63, 3.8) is 0 Å². The maximum atomic E-state index is 11.9. The Balaban J connectivity index is 4.59. The van der Waals surface area contributed by atoms with Gasteiger partial charge < -0.3 is 16.4 Å². The maximum absolute atomic E-state index is 11.9. The van der Waals surface area contributed by atoms with Crippen LogP contribution in [0, 0.1) is 5.92 Å². The number of rotatable bonds is 4. The second kappa shape index (κ2) is 4.84. The summed E-state index contributed by atoms with van der Waals surface area (Å²) in [6.07, 6.45) is 0. The summed E-state index contributed by atoms with van der Waals surface area (Å²) < 4.78 is 0. The van der Waals surface area contributed by atoms with Gasteiger partial charge in [0.25, 0.3) is 0 Å². The zero-order chi connectivity index (χ0) is 14.1. The molecular formula is C13H29N3O. The number of carbonyl (C=O) groups is 1. The molecule has 4 heteroatoms. The van der Waals surface area contributed by atoms with Crippen LogP contribution in [0.4, 0.5) is 4.79 Å². The molecule has 0 heterocycles. The van der Waals surface area contributed by atoms with Gasteiger partial charge in [-0.1, -0.05) is 13.8 Å². The molecule has 0 saturated heterocycles. The molecule has 0 atom stereocenters. The fourth-order valence-corrected chi connectivity index (χ4v) is 0.913. The molecule has 4 nitrogen and oxygen atoms in total. The largest absolute Gasteiger partial charge is 0.333 e. The van der Waals surface area contributed by atoms with Gasteiger partial charge in [-0.05, 0) is 47.5 Å². The van der Waals surface area contributed by atoms with Crippen LogP contribution in [0.2, 0.25) is 0 Å². The van der Waals surface area contributed by atoms with E-state index in [1.807, 2.05) is 41.5 Å². The first-order chi connectivity index (χ1) is 7.29. The molecular weight excluding hydrogens is 214 g/mol. The molecule has 0 aliphatic carbocycles. The van der Waals surface area contributed by atoms with Crippen LogP contribution in [-0.2, 0) is 0 Å². The summed E-state index contributed by atoms with van der Waals surface area (Å²) in [4.78, 5) is 11.9. The Morgan fingerprint density at radius 3 is 1.71 bits per heavy atom. The normalized spacial score (nSPS) is 13.8. The third kappa shape index (κ3) is 4.54. The predicted molar refractivity (Wildman–Crippen MR) is 72.9 cm³/mol. The van der Waals surface area contributed by atoms with Crippen molar-refractivity contribution < 1.29 is 4.79 Å². The minimum Gasteiger partial charge on any atom is -0.333 e. The molecule has 2 amide bonds. The summed E-state index contributed by atoms with van der Waals surface area (Å²) in [7, 11) is 0. The molecule has 0 aromatic heterocycles. The van der Waals surface area contributed by atoms with Crippen LogP contribution < -0.4 is 16.4 Å². The Hall–Kier alpha value is -0.770. The van der Waals surface area contributed by atoms with E-state index in [9.17, 15) is 4.79 Å². The molecule has 0 aliphatic rings. The lowest BCUT2D eigenvalue weighted by molar-refractivity contribution is 0.190. The second-order valence-electron chi connectivity index (χ2n) is 6.80. The molecule has 0 fully saturated rings. The highest BCUT2D eigenvalue weighted by Crippen LogP contribution is 2.19. The third-order valence-electron chi connectivity index (χ3n) is 3.92. The van der Waals surface area contributed by atoms with E-state index in [1.165, 1.54) is 0 Å². The fraction of sp³-hybridized carbons (Fsp3) is 0.923. The lowest BCUT2D eigenvalue weighted by atomic mass is 9.83. The highest BCUT2D eigenvalue weighted by Gasteiger charge is 2.36. The van der Waals surface area contributed by atoms with Crippen molar-refractivity contribution in [1.82, 2.24) is 10.6 Å². The zero-order valence-corrected chi connectivity index (χ0v) is 12.6. The van der Waals surface area contributed by atoms with Gasteiger partial charge >= 0.3 is 6.03 Å². The lowest BCUT2D eigenvalue weighted by Crippen LogP contribution is -2.65. The Labute approximate surface area is 106 Å². The average Bonchev–Trinajstić information content (AvgIpc) is 1.98. The van der Waals surface area contributed by atoms with E-state index in [4.69, 9.17) is 5.73 Å². The smallest absolute Gasteiger partial charge is 0.315 e. The molecule has 4 N–H and O–H groups in total. The number of urea groups is 1. The first-order valence-electron chi connectivity index (χ1n) is 6.19. The van der Waals surface area contributed by atoms with E-state index in [-0.39, 0.29) is 11.6 Å². The first kappa shape index (κ1) is 16.2. The quantitative estimate of drug-likeness (QED) is 0.709. The van der Waals surface area contributed by atoms with Crippen molar-refractivity contribution >= 4 is 6.03 Å². The first-order valence-corrected chi connectivity index (χ1v) is 6.19. The van der Waals surface area contributed by atoms with Gasteiger partial charge in [-0.25, -0.2) is 4.79 Å². The monoisotopic (exact) mass is 243 g/mol. The lowest BCUT2D eigenvalue weighted by Gasteiger charge is -2.40. The minimum atomic E-state index is -0.480. The number of nitrogens with one attached hydrogen (secondary N) is 2. The van der Waals surface area contributed by atoms with Crippen LogP contribution >= 0.6 is 0 Å². The predicted octanol–water partition coefficient (Wildman–Crippen LogP) is 2.24. The molecule has 0 spiro atoms. The average molecular weight is 243 g/mol. The molecule has 0 rings (SSSR count). The Bertz CT molecular complexity index is 275. The topological polar surface area (TPSA) is 67.2 Å². The number of hydrogen-bond donors (Lipinski definition) is 3. The van der Waals surface area contributed by atoms with Crippen molar-refractivity contribution in [3.05, 3.63) is 0 Å². The number of carbonyl (C=O) groups excluding carboxylic acids is 1. The molecule has 0 aromatic rings. The number of hydrogen-bond acceptors (Lipinski definition) is 2. The van der Waals surface area contributed by atoms with E-state index >= 15 is 0 Å². The number of amides is 2. The van der Waals surface area contributed by atoms with E-state index in [2.05, 4.69) is 24.5 Å². The van der Waals surface area contributed by atoms with E-state index in [0.29, 0.717) is 5.92 Å². The van der Waals surface area contributed by atoms with Gasteiger partial charge in [-0.2, -0.15) is 0 Å². The van der Waals surface area contributed by atoms with Gasteiger partial charge in [-0.3, -0.25) is 0 Å². The maximum Gasteiger partial charge on any atom is 0.315 e. The Morgan fingerprint density at radius 2 is 1.41 bits per heavy atom. The fourth-order valence-electron chi connectivity index (χ4n) is 0.913. The van der Waals surface area contributed by atoms with Gasteiger partial charge in [0.1, 0.15) is 0 Å². The Morgan fingerprint density at radius 1 is 1.00 bits per heavy atom. The molecule has 102 valence electrons. The standard InChI is InChI=1S/C13H29N3O/c1-9(2)11(3,4)15-10(17)16-13(7,8)12(5,6)14/h9H,14H2,1-8H3,(H2,15,16,17). The summed E-state index contributed by atoms with van der Waals surface area (Å²) >= 11 is 0. The summed E-state index contributed by atoms with van der Waals surface area (Å²) in [6, 6.07) is -0.174. The highest BCUT2D eigenvalue weighted by molar-refractivity contribution is 5.75. The van der Waals surface area contributed by atoms with Crippen LogP contribution in [-0.4, -0.2) is 22.6 Å². The Kier molecular flexibility index (Phi) is 4.63. The van der Waals surface area contributed by atoms with Gasteiger partial charge in [-0.15, -0.1) is 0 Å². The second-order valence-corrected chi connectivity index (χ2v) is 6.80. The van der Waals surface area contributed by atoms with Gasteiger partial charge in [0.15, 0.2) is 0 Å². The van der Waals surface area contributed by atoms with E-state index in [0.717, 1.165) is 0 Å². The SMILES string of the molecule is CC(C)C(C)(C)NC(=O)NC(C)(C)C(C)(C)N. The van der Waals surface area contributed by atoms with Crippen molar-refractivity contribution in [2.24, 2.45) is 11.7 Å². The van der Waals surface area contributed by atoms with Gasteiger partial charge in [0.05, 0.1) is 5.54 Å². The van der Waals surface area contributed by atoms with E-state index in [1.54, 1.807) is 0 Å². The van der Waals surface area contributed by atoms with Gasteiger partial charge in [0.2, 0.25) is 0 Å². The summed E-state index contributed by atoms with van der Waals surface area (Å²) in [5, 5.41) is 5.91. The van der Waals surface area contributed by atoms with Crippen molar-refractivity contribution in [2.45, 2.75) is 72.0 Å². The summed E-state index contributed by atoms with van der Waals surface area (Å²) in [6.45, 7) is 15.8. The van der Waals surface area contributed by atoms with E-state index < -0.39 is 11.1 Å². The molecule has 0 unspecified atom stereocenters. The minimum absolute atomic E-state index is 0.174. The van der Waals surface area contributed by atoms with Crippen molar-refractivity contribution in [2.75, 3.05) is 0 Å². The summed E-state index contributed by atoms with van der Waals surface area (Å²) in [5.41, 5.74) is 4.86. The summed E-state index contributed by atoms with van der Waals surface area (Å²) in [5.74, 6) is 0.363. The molecule has 0 aromatic carbocycles.